The molecule has 2 N–H and O–H groups in total. The van der Waals surface area contributed by atoms with E-state index in [0.29, 0.717) is 0 Å². The molecular formula is C14H21NO2. The Labute approximate surface area is 103 Å². The highest BCUT2D eigenvalue weighted by Crippen LogP contribution is 2.11. The van der Waals surface area contributed by atoms with E-state index in [9.17, 15) is 4.79 Å². The molecule has 0 unspecified atom stereocenters. The van der Waals surface area contributed by atoms with Gasteiger partial charge in [0.15, 0.2) is 0 Å². The van der Waals surface area contributed by atoms with Crippen LogP contribution in [0.15, 0.2) is 18.3 Å². The van der Waals surface area contributed by atoms with E-state index in [4.69, 9.17) is 5.11 Å². The third kappa shape index (κ3) is 5.95. The maximum absolute atomic E-state index is 10.4. The lowest BCUT2D eigenvalue weighted by Gasteiger charge is -1.97. The van der Waals surface area contributed by atoms with E-state index in [1.807, 2.05) is 12.3 Å². The van der Waals surface area contributed by atoms with Crippen molar-refractivity contribution in [3.05, 3.63) is 29.6 Å². The van der Waals surface area contributed by atoms with Gasteiger partial charge in [-0.3, -0.25) is 0 Å². The molecule has 0 aromatic carbocycles. The van der Waals surface area contributed by atoms with Gasteiger partial charge in [0.1, 0.15) is 0 Å². The highest BCUT2D eigenvalue weighted by atomic mass is 16.4. The Morgan fingerprint density at radius 2 is 2.12 bits per heavy atom. The summed E-state index contributed by atoms with van der Waals surface area (Å²) >= 11 is 0. The lowest BCUT2D eigenvalue weighted by molar-refractivity contribution is -0.131. The van der Waals surface area contributed by atoms with Gasteiger partial charge in [-0.05, 0) is 30.5 Å². The standard InChI is InChI=1S/C14H21NO2/c1-2-3-4-5-6-7-12-10-13(15-11-12)8-9-14(16)17/h8-11,15H,2-7H2,1H3,(H,16,17). The summed E-state index contributed by atoms with van der Waals surface area (Å²) in [6, 6.07) is 2.01. The maximum atomic E-state index is 10.4. The van der Waals surface area contributed by atoms with E-state index in [0.717, 1.165) is 18.2 Å². The minimum atomic E-state index is -0.916. The van der Waals surface area contributed by atoms with Crippen LogP contribution in [0.5, 0.6) is 0 Å². The molecule has 0 spiro atoms. The second-order valence-corrected chi connectivity index (χ2v) is 4.30. The fourth-order valence-electron chi connectivity index (χ4n) is 1.79. The first-order chi connectivity index (χ1) is 8.22. The van der Waals surface area contributed by atoms with Crippen LogP contribution in [0.25, 0.3) is 6.08 Å². The minimum Gasteiger partial charge on any atom is -0.478 e. The quantitative estimate of drug-likeness (QED) is 0.534. The molecule has 3 nitrogen and oxygen atoms in total. The number of hydrogen-bond acceptors (Lipinski definition) is 1. The summed E-state index contributed by atoms with van der Waals surface area (Å²) in [5.41, 5.74) is 2.11. The van der Waals surface area contributed by atoms with E-state index in [2.05, 4.69) is 11.9 Å². The lowest BCUT2D eigenvalue weighted by atomic mass is 10.1. The molecular weight excluding hydrogens is 214 g/mol. The lowest BCUT2D eigenvalue weighted by Crippen LogP contribution is -1.85. The van der Waals surface area contributed by atoms with Crippen molar-refractivity contribution in [1.82, 2.24) is 4.98 Å². The van der Waals surface area contributed by atoms with Crippen LogP contribution in [0, 0.1) is 0 Å². The molecule has 0 amide bonds. The number of aromatic amines is 1. The predicted octanol–water partition coefficient (Wildman–Crippen LogP) is 3.63. The first kappa shape index (κ1) is 13.6. The van der Waals surface area contributed by atoms with E-state index in [1.54, 1.807) is 6.08 Å². The SMILES string of the molecule is CCCCCCCc1c[nH]c(C=CC(=O)O)c1. The molecule has 0 atom stereocenters. The molecule has 1 rings (SSSR count). The fourth-order valence-corrected chi connectivity index (χ4v) is 1.79. The molecule has 0 aliphatic heterocycles. The van der Waals surface area contributed by atoms with Crippen LogP contribution < -0.4 is 0 Å². The van der Waals surface area contributed by atoms with E-state index in [-0.39, 0.29) is 0 Å². The Bertz CT molecular complexity index is 366. The molecule has 0 aliphatic carbocycles. The number of rotatable bonds is 8. The number of carboxylic acid groups (broad SMARTS) is 1. The zero-order chi connectivity index (χ0) is 12.5. The number of aryl methyl sites for hydroxylation is 1. The molecule has 1 aromatic rings. The molecule has 0 aliphatic rings. The van der Waals surface area contributed by atoms with Gasteiger partial charge in [0.05, 0.1) is 0 Å². The zero-order valence-corrected chi connectivity index (χ0v) is 10.4. The van der Waals surface area contributed by atoms with Gasteiger partial charge in [-0.2, -0.15) is 0 Å². The van der Waals surface area contributed by atoms with Crippen molar-refractivity contribution in [1.29, 1.82) is 0 Å². The van der Waals surface area contributed by atoms with Crippen molar-refractivity contribution in [2.45, 2.75) is 45.4 Å². The Kier molecular flexibility index (Phi) is 6.15. The van der Waals surface area contributed by atoms with Gasteiger partial charge in [-0.25, -0.2) is 4.79 Å². The van der Waals surface area contributed by atoms with Gasteiger partial charge < -0.3 is 10.1 Å². The number of aromatic nitrogens is 1. The highest BCUT2D eigenvalue weighted by molar-refractivity contribution is 5.84. The van der Waals surface area contributed by atoms with Gasteiger partial charge >= 0.3 is 5.97 Å². The summed E-state index contributed by atoms with van der Waals surface area (Å²) in [4.78, 5) is 13.4. The topological polar surface area (TPSA) is 53.1 Å². The average molecular weight is 235 g/mol. The number of H-pyrrole nitrogens is 1. The average Bonchev–Trinajstić information content (AvgIpc) is 2.74. The summed E-state index contributed by atoms with van der Waals surface area (Å²) in [6.45, 7) is 2.22. The van der Waals surface area contributed by atoms with E-state index >= 15 is 0 Å². The Balaban J connectivity index is 2.28. The first-order valence-electron chi connectivity index (χ1n) is 6.30. The molecule has 1 heterocycles. The summed E-state index contributed by atoms with van der Waals surface area (Å²) in [6.07, 6.45) is 12.2. The van der Waals surface area contributed by atoms with Gasteiger partial charge in [-0.1, -0.05) is 32.6 Å². The largest absolute Gasteiger partial charge is 0.478 e. The van der Waals surface area contributed by atoms with Crippen molar-refractivity contribution in [3.63, 3.8) is 0 Å². The predicted molar refractivity (Wildman–Crippen MR) is 69.9 cm³/mol. The number of nitrogens with one attached hydrogen (secondary N) is 1. The smallest absolute Gasteiger partial charge is 0.328 e. The van der Waals surface area contributed by atoms with Gasteiger partial charge in [-0.15, -0.1) is 0 Å². The summed E-state index contributed by atoms with van der Waals surface area (Å²) in [5, 5.41) is 8.50. The van der Waals surface area contributed by atoms with Gasteiger partial charge in [0.25, 0.3) is 0 Å². The third-order valence-corrected chi connectivity index (χ3v) is 2.74. The Morgan fingerprint density at radius 1 is 1.35 bits per heavy atom. The maximum Gasteiger partial charge on any atom is 0.328 e. The Morgan fingerprint density at radius 3 is 2.82 bits per heavy atom. The van der Waals surface area contributed by atoms with E-state index < -0.39 is 5.97 Å². The zero-order valence-electron chi connectivity index (χ0n) is 10.4. The Hall–Kier alpha value is -1.51. The van der Waals surface area contributed by atoms with Crippen LogP contribution in [-0.2, 0) is 11.2 Å². The number of carbonyl (C=O) groups is 1. The normalized spacial score (nSPS) is 11.1. The second-order valence-electron chi connectivity index (χ2n) is 4.30. The van der Waals surface area contributed by atoms with Crippen molar-refractivity contribution < 1.29 is 9.90 Å². The molecule has 0 fully saturated rings. The van der Waals surface area contributed by atoms with Crippen molar-refractivity contribution in [2.75, 3.05) is 0 Å². The molecule has 0 radical (unpaired) electrons. The summed E-state index contributed by atoms with van der Waals surface area (Å²) in [7, 11) is 0. The highest BCUT2D eigenvalue weighted by Gasteiger charge is 1.97. The molecule has 0 bridgehead atoms. The van der Waals surface area contributed by atoms with Crippen LogP contribution in [0.2, 0.25) is 0 Å². The monoisotopic (exact) mass is 235 g/mol. The molecule has 17 heavy (non-hydrogen) atoms. The minimum absolute atomic E-state index is 0.857. The number of unbranched alkanes of at least 4 members (excludes halogenated alkanes) is 4. The number of aliphatic carboxylic acids is 1. The number of hydrogen-bond donors (Lipinski definition) is 2. The van der Waals surface area contributed by atoms with Gasteiger partial charge in [0.2, 0.25) is 0 Å². The summed E-state index contributed by atoms with van der Waals surface area (Å²) < 4.78 is 0. The molecule has 1 aromatic heterocycles. The first-order valence-corrected chi connectivity index (χ1v) is 6.30. The van der Waals surface area contributed by atoms with Crippen molar-refractivity contribution in [2.24, 2.45) is 0 Å². The van der Waals surface area contributed by atoms with Crippen LogP contribution in [0.1, 0.15) is 50.3 Å². The third-order valence-electron chi connectivity index (χ3n) is 2.74. The second kappa shape index (κ2) is 7.71. The van der Waals surface area contributed by atoms with Crippen LogP contribution >= 0.6 is 0 Å². The molecule has 0 saturated carbocycles. The fraction of sp³-hybridized carbons (Fsp3) is 0.500. The molecule has 94 valence electrons. The van der Waals surface area contributed by atoms with Crippen LogP contribution in [0.4, 0.5) is 0 Å². The van der Waals surface area contributed by atoms with E-state index in [1.165, 1.54) is 37.7 Å². The molecule has 3 heteroatoms. The number of carboxylic acids is 1. The summed E-state index contributed by atoms with van der Waals surface area (Å²) in [5.74, 6) is -0.916. The van der Waals surface area contributed by atoms with Gasteiger partial charge in [0, 0.05) is 18.0 Å². The van der Waals surface area contributed by atoms with Crippen LogP contribution in [0.3, 0.4) is 0 Å². The van der Waals surface area contributed by atoms with Crippen LogP contribution in [-0.4, -0.2) is 16.1 Å². The van der Waals surface area contributed by atoms with Crippen molar-refractivity contribution in [3.8, 4) is 0 Å². The molecule has 0 saturated heterocycles. The van der Waals surface area contributed by atoms with Crippen molar-refractivity contribution >= 4 is 12.0 Å².